The van der Waals surface area contributed by atoms with Gasteiger partial charge < -0.3 is 4.90 Å². The molecule has 74 valence electrons. The molecule has 4 nitrogen and oxygen atoms in total. The van der Waals surface area contributed by atoms with Crippen molar-refractivity contribution in [3.8, 4) is 0 Å². The van der Waals surface area contributed by atoms with Gasteiger partial charge in [0.15, 0.2) is 0 Å². The van der Waals surface area contributed by atoms with Crippen LogP contribution in [-0.4, -0.2) is 22.5 Å². The lowest BCUT2D eigenvalue weighted by atomic mass is 10.2. The molecule has 2 amide bonds. The van der Waals surface area contributed by atoms with Gasteiger partial charge in [0.2, 0.25) is 0 Å². The fourth-order valence-electron chi connectivity index (χ4n) is 1.43. The Hall–Kier alpha value is -1.29. The molecule has 0 saturated carbocycles. The number of halogens is 1. The highest BCUT2D eigenvalue weighted by molar-refractivity contribution is 6.31. The fraction of sp³-hybridized carbons (Fsp3) is 0.333. The number of hydrogen-bond donors (Lipinski definition) is 1. The van der Waals surface area contributed by atoms with Crippen molar-refractivity contribution in [2.45, 2.75) is 13.5 Å². The minimum atomic E-state index is -0.116. The number of urea groups is 1. The van der Waals surface area contributed by atoms with Crippen molar-refractivity contribution in [3.05, 3.63) is 22.8 Å². The van der Waals surface area contributed by atoms with Gasteiger partial charge in [0, 0.05) is 18.3 Å². The van der Waals surface area contributed by atoms with Gasteiger partial charge in [-0.3, -0.25) is 5.32 Å². The van der Waals surface area contributed by atoms with Gasteiger partial charge in [-0.1, -0.05) is 11.6 Å². The van der Waals surface area contributed by atoms with E-state index in [0.29, 0.717) is 23.9 Å². The summed E-state index contributed by atoms with van der Waals surface area (Å²) in [6.45, 7) is 3.12. The summed E-state index contributed by atoms with van der Waals surface area (Å²) in [5.74, 6) is 0.576. The lowest BCUT2D eigenvalue weighted by Gasteiger charge is -2.27. The fourth-order valence-corrected chi connectivity index (χ4v) is 1.63. The van der Waals surface area contributed by atoms with Crippen LogP contribution in [0.2, 0.25) is 5.02 Å². The van der Waals surface area contributed by atoms with E-state index in [1.807, 2.05) is 6.92 Å². The van der Waals surface area contributed by atoms with E-state index in [0.717, 1.165) is 5.56 Å². The second-order valence-corrected chi connectivity index (χ2v) is 3.47. The van der Waals surface area contributed by atoms with Crippen LogP contribution in [0.15, 0.2) is 12.3 Å². The number of rotatable bonds is 1. The van der Waals surface area contributed by atoms with Crippen molar-refractivity contribution >= 4 is 23.4 Å². The minimum Gasteiger partial charge on any atom is -0.320 e. The second-order valence-electron chi connectivity index (χ2n) is 3.06. The van der Waals surface area contributed by atoms with Crippen LogP contribution in [0.1, 0.15) is 12.5 Å². The lowest BCUT2D eigenvalue weighted by molar-refractivity contribution is 0.209. The Balaban J connectivity index is 2.40. The number of pyridine rings is 1. The molecule has 0 spiro atoms. The molecule has 0 aliphatic carbocycles. The average Bonchev–Trinajstić information content (AvgIpc) is 2.17. The summed E-state index contributed by atoms with van der Waals surface area (Å²) in [6, 6.07) is 1.61. The highest BCUT2D eigenvalue weighted by Crippen LogP contribution is 2.27. The highest BCUT2D eigenvalue weighted by Gasteiger charge is 2.23. The van der Waals surface area contributed by atoms with Gasteiger partial charge in [0.05, 0.1) is 11.6 Å². The topological polar surface area (TPSA) is 45.2 Å². The maximum Gasteiger partial charge on any atom is 0.323 e. The van der Waals surface area contributed by atoms with Gasteiger partial charge in [0.25, 0.3) is 0 Å². The molecule has 0 fully saturated rings. The number of aromatic nitrogens is 1. The maximum absolute atomic E-state index is 11.4. The molecule has 2 heterocycles. The molecule has 1 aliphatic heterocycles. The summed E-state index contributed by atoms with van der Waals surface area (Å²) in [7, 11) is 0. The first-order valence-electron chi connectivity index (χ1n) is 4.41. The lowest BCUT2D eigenvalue weighted by Crippen LogP contribution is -2.38. The first-order valence-corrected chi connectivity index (χ1v) is 4.79. The third-order valence-corrected chi connectivity index (χ3v) is 2.60. The maximum atomic E-state index is 11.4. The Bertz CT molecular complexity index is 380. The van der Waals surface area contributed by atoms with E-state index in [1.165, 1.54) is 0 Å². The number of nitrogens with one attached hydrogen (secondary N) is 1. The summed E-state index contributed by atoms with van der Waals surface area (Å²) >= 11 is 5.99. The quantitative estimate of drug-likeness (QED) is 0.773. The Morgan fingerprint density at radius 1 is 1.71 bits per heavy atom. The van der Waals surface area contributed by atoms with Crippen molar-refractivity contribution in [1.29, 1.82) is 0 Å². The molecule has 14 heavy (non-hydrogen) atoms. The SMILES string of the molecule is CCN1Cc2c(Cl)ccnc2NC1=O. The summed E-state index contributed by atoms with van der Waals surface area (Å²) in [4.78, 5) is 17.2. The Morgan fingerprint density at radius 3 is 3.21 bits per heavy atom. The number of nitrogens with zero attached hydrogens (tertiary/aromatic N) is 2. The van der Waals surface area contributed by atoms with Crippen molar-refractivity contribution in [2.75, 3.05) is 11.9 Å². The largest absolute Gasteiger partial charge is 0.323 e. The zero-order valence-electron chi connectivity index (χ0n) is 7.75. The predicted octanol–water partition coefficient (Wildman–Crippen LogP) is 2.10. The Labute approximate surface area is 86.9 Å². The molecule has 1 N–H and O–H groups in total. The zero-order chi connectivity index (χ0) is 10.1. The smallest absolute Gasteiger partial charge is 0.320 e. The first-order chi connectivity index (χ1) is 6.72. The van der Waals surface area contributed by atoms with Gasteiger partial charge >= 0.3 is 6.03 Å². The molecule has 1 aromatic heterocycles. The summed E-state index contributed by atoms with van der Waals surface area (Å²) in [5, 5.41) is 3.34. The molecule has 0 bridgehead atoms. The number of fused-ring (bicyclic) bond motifs is 1. The molecule has 0 aromatic carbocycles. The molecule has 0 saturated heterocycles. The summed E-state index contributed by atoms with van der Waals surface area (Å²) in [6.07, 6.45) is 1.59. The highest BCUT2D eigenvalue weighted by atomic mass is 35.5. The molecule has 2 rings (SSSR count). The van der Waals surface area contributed by atoms with Gasteiger partial charge in [0.1, 0.15) is 5.82 Å². The summed E-state index contributed by atoms with van der Waals surface area (Å²) in [5.41, 5.74) is 0.885. The zero-order valence-corrected chi connectivity index (χ0v) is 8.51. The third kappa shape index (κ3) is 1.42. The summed E-state index contributed by atoms with van der Waals surface area (Å²) < 4.78 is 0. The standard InChI is InChI=1S/C9H10ClN3O/c1-2-13-5-6-7(10)3-4-11-8(6)12-9(13)14/h3-4H,2,5H2,1H3,(H,11,12,14). The van der Waals surface area contributed by atoms with Crippen molar-refractivity contribution in [2.24, 2.45) is 0 Å². The number of anilines is 1. The van der Waals surface area contributed by atoms with Gasteiger partial charge in [-0.15, -0.1) is 0 Å². The molecule has 1 aliphatic rings. The Morgan fingerprint density at radius 2 is 2.50 bits per heavy atom. The van der Waals surface area contributed by atoms with E-state index in [-0.39, 0.29) is 6.03 Å². The Kier molecular flexibility index (Phi) is 2.29. The van der Waals surface area contributed by atoms with Gasteiger partial charge in [-0.05, 0) is 13.0 Å². The molecule has 0 atom stereocenters. The van der Waals surface area contributed by atoms with Crippen LogP contribution in [0.4, 0.5) is 10.6 Å². The van der Waals surface area contributed by atoms with Crippen LogP contribution in [0.3, 0.4) is 0 Å². The van der Waals surface area contributed by atoms with E-state index >= 15 is 0 Å². The molecular weight excluding hydrogens is 202 g/mol. The molecule has 5 heteroatoms. The van der Waals surface area contributed by atoms with E-state index in [4.69, 9.17) is 11.6 Å². The van der Waals surface area contributed by atoms with Gasteiger partial charge in [-0.25, -0.2) is 9.78 Å². The van der Waals surface area contributed by atoms with E-state index in [9.17, 15) is 4.79 Å². The second kappa shape index (κ2) is 3.46. The van der Waals surface area contributed by atoms with Crippen LogP contribution >= 0.6 is 11.6 Å². The average molecular weight is 212 g/mol. The number of amides is 2. The predicted molar refractivity (Wildman–Crippen MR) is 54.3 cm³/mol. The van der Waals surface area contributed by atoms with Crippen LogP contribution in [0.5, 0.6) is 0 Å². The van der Waals surface area contributed by atoms with Crippen LogP contribution in [0.25, 0.3) is 0 Å². The van der Waals surface area contributed by atoms with E-state index in [1.54, 1.807) is 17.2 Å². The molecule has 1 aromatic rings. The number of carbonyl (C=O) groups is 1. The third-order valence-electron chi connectivity index (χ3n) is 2.24. The molecular formula is C9H10ClN3O. The van der Waals surface area contributed by atoms with Crippen LogP contribution in [0, 0.1) is 0 Å². The molecule has 0 radical (unpaired) electrons. The van der Waals surface area contributed by atoms with E-state index in [2.05, 4.69) is 10.3 Å². The minimum absolute atomic E-state index is 0.116. The molecule has 0 unspecified atom stereocenters. The monoisotopic (exact) mass is 211 g/mol. The number of carbonyl (C=O) groups excluding carboxylic acids is 1. The van der Waals surface area contributed by atoms with Gasteiger partial charge in [-0.2, -0.15) is 0 Å². The van der Waals surface area contributed by atoms with Crippen molar-refractivity contribution in [1.82, 2.24) is 9.88 Å². The normalized spacial score (nSPS) is 15.0. The van der Waals surface area contributed by atoms with Crippen molar-refractivity contribution in [3.63, 3.8) is 0 Å². The van der Waals surface area contributed by atoms with E-state index < -0.39 is 0 Å². The number of hydrogen-bond acceptors (Lipinski definition) is 2. The van der Waals surface area contributed by atoms with Crippen molar-refractivity contribution < 1.29 is 4.79 Å². The first kappa shape index (κ1) is 9.27. The van der Waals surface area contributed by atoms with Crippen LogP contribution < -0.4 is 5.32 Å². The van der Waals surface area contributed by atoms with Crippen LogP contribution in [-0.2, 0) is 6.54 Å².